The van der Waals surface area contributed by atoms with E-state index < -0.39 is 11.6 Å². The number of anilines is 1. The maximum Gasteiger partial charge on any atom is 0.412 e. The summed E-state index contributed by atoms with van der Waals surface area (Å²) in [5.41, 5.74) is 7.51. The van der Waals surface area contributed by atoms with Gasteiger partial charge in [0, 0.05) is 36.6 Å². The SMILES string of the molecule is CC(C)CC(C)(N)COc1ccc(-c2ccnc(N(C)C(=O)O)c2)cn1. The number of pyridine rings is 2. The van der Waals surface area contributed by atoms with Gasteiger partial charge in [0.25, 0.3) is 0 Å². The van der Waals surface area contributed by atoms with Gasteiger partial charge in [0.1, 0.15) is 12.4 Å². The molecule has 0 fully saturated rings. The van der Waals surface area contributed by atoms with Crippen LogP contribution in [0.5, 0.6) is 5.88 Å². The fraction of sp³-hybridized carbons (Fsp3) is 0.421. The fourth-order valence-corrected chi connectivity index (χ4v) is 2.75. The molecular weight excluding hydrogens is 332 g/mol. The van der Waals surface area contributed by atoms with Crippen LogP contribution in [-0.2, 0) is 0 Å². The predicted molar refractivity (Wildman–Crippen MR) is 101 cm³/mol. The van der Waals surface area contributed by atoms with Crippen molar-refractivity contribution in [2.24, 2.45) is 11.7 Å². The number of carboxylic acid groups (broad SMARTS) is 1. The van der Waals surface area contributed by atoms with Crippen LogP contribution in [-0.4, -0.2) is 40.4 Å². The largest absolute Gasteiger partial charge is 0.476 e. The van der Waals surface area contributed by atoms with Crippen molar-refractivity contribution in [1.29, 1.82) is 0 Å². The van der Waals surface area contributed by atoms with Gasteiger partial charge in [-0.05, 0) is 43.0 Å². The van der Waals surface area contributed by atoms with Crippen LogP contribution in [0.1, 0.15) is 27.2 Å². The van der Waals surface area contributed by atoms with Gasteiger partial charge in [0.2, 0.25) is 5.88 Å². The highest BCUT2D eigenvalue weighted by molar-refractivity contribution is 5.85. The molecule has 2 heterocycles. The number of aromatic nitrogens is 2. The van der Waals surface area contributed by atoms with Crippen molar-refractivity contribution < 1.29 is 14.6 Å². The molecule has 0 spiro atoms. The zero-order valence-corrected chi connectivity index (χ0v) is 15.6. The number of hydrogen-bond donors (Lipinski definition) is 2. The summed E-state index contributed by atoms with van der Waals surface area (Å²) >= 11 is 0. The Kier molecular flexibility index (Phi) is 6.15. The Hall–Kier alpha value is -2.67. The van der Waals surface area contributed by atoms with Gasteiger partial charge in [-0.15, -0.1) is 0 Å². The number of amides is 1. The predicted octanol–water partition coefficient (Wildman–Crippen LogP) is 3.40. The summed E-state index contributed by atoms with van der Waals surface area (Å²) in [7, 11) is 1.45. The van der Waals surface area contributed by atoms with E-state index in [0.29, 0.717) is 24.2 Å². The highest BCUT2D eigenvalue weighted by Gasteiger charge is 2.21. The molecule has 0 aliphatic carbocycles. The first-order chi connectivity index (χ1) is 12.2. The van der Waals surface area contributed by atoms with E-state index in [1.165, 1.54) is 7.05 Å². The summed E-state index contributed by atoms with van der Waals surface area (Å²) in [6, 6.07) is 7.15. The Morgan fingerprint density at radius 2 is 2.04 bits per heavy atom. The Morgan fingerprint density at radius 1 is 1.31 bits per heavy atom. The standard InChI is InChI=1S/C19H26N4O3/c1-13(2)10-19(3,20)12-26-17-6-5-15(11-22-17)14-7-8-21-16(9-14)23(4)18(24)25/h5-9,11,13H,10,12,20H2,1-4H3,(H,24,25). The highest BCUT2D eigenvalue weighted by Crippen LogP contribution is 2.24. The van der Waals surface area contributed by atoms with E-state index >= 15 is 0 Å². The molecule has 0 saturated heterocycles. The lowest BCUT2D eigenvalue weighted by Gasteiger charge is -2.26. The third kappa shape index (κ3) is 5.42. The summed E-state index contributed by atoms with van der Waals surface area (Å²) in [5, 5.41) is 9.06. The van der Waals surface area contributed by atoms with E-state index in [4.69, 9.17) is 15.6 Å². The molecule has 2 aromatic rings. The molecule has 7 nitrogen and oxygen atoms in total. The quantitative estimate of drug-likeness (QED) is 0.786. The zero-order valence-electron chi connectivity index (χ0n) is 15.6. The Balaban J connectivity index is 2.08. The second-order valence-corrected chi connectivity index (χ2v) is 7.17. The average Bonchev–Trinajstić information content (AvgIpc) is 2.59. The van der Waals surface area contributed by atoms with Crippen LogP contribution in [0.25, 0.3) is 11.1 Å². The third-order valence-corrected chi connectivity index (χ3v) is 3.87. The first-order valence-electron chi connectivity index (χ1n) is 8.49. The molecule has 7 heteroatoms. The molecule has 1 atom stereocenters. The minimum absolute atomic E-state index is 0.350. The summed E-state index contributed by atoms with van der Waals surface area (Å²) < 4.78 is 5.72. The first kappa shape index (κ1) is 19.7. The number of nitrogens with zero attached hydrogens (tertiary/aromatic N) is 3. The number of ether oxygens (including phenoxy) is 1. The average molecular weight is 358 g/mol. The Labute approximate surface area is 153 Å². The van der Waals surface area contributed by atoms with E-state index in [1.54, 1.807) is 30.6 Å². The van der Waals surface area contributed by atoms with Gasteiger partial charge >= 0.3 is 6.09 Å². The maximum absolute atomic E-state index is 11.1. The van der Waals surface area contributed by atoms with Crippen molar-refractivity contribution in [2.45, 2.75) is 32.7 Å². The monoisotopic (exact) mass is 358 g/mol. The molecular formula is C19H26N4O3. The molecule has 0 aliphatic heterocycles. The van der Waals surface area contributed by atoms with Gasteiger partial charge in [-0.25, -0.2) is 14.8 Å². The van der Waals surface area contributed by atoms with Crippen LogP contribution in [0, 0.1) is 5.92 Å². The molecule has 26 heavy (non-hydrogen) atoms. The topological polar surface area (TPSA) is 102 Å². The van der Waals surface area contributed by atoms with Crippen LogP contribution in [0.3, 0.4) is 0 Å². The lowest BCUT2D eigenvalue weighted by Crippen LogP contribution is -2.43. The van der Waals surface area contributed by atoms with Crippen molar-refractivity contribution in [3.8, 4) is 17.0 Å². The minimum Gasteiger partial charge on any atom is -0.476 e. The van der Waals surface area contributed by atoms with E-state index in [2.05, 4.69) is 23.8 Å². The molecule has 2 rings (SSSR count). The molecule has 0 bridgehead atoms. The van der Waals surface area contributed by atoms with Crippen molar-refractivity contribution in [1.82, 2.24) is 9.97 Å². The first-order valence-corrected chi connectivity index (χ1v) is 8.49. The normalized spacial score (nSPS) is 13.3. The van der Waals surface area contributed by atoms with Gasteiger partial charge in [-0.2, -0.15) is 0 Å². The minimum atomic E-state index is -1.07. The summed E-state index contributed by atoms with van der Waals surface area (Å²) in [5.74, 6) is 1.35. The second-order valence-electron chi connectivity index (χ2n) is 7.17. The van der Waals surface area contributed by atoms with Crippen molar-refractivity contribution in [3.05, 3.63) is 36.7 Å². The fourth-order valence-electron chi connectivity index (χ4n) is 2.75. The smallest absolute Gasteiger partial charge is 0.412 e. The second kappa shape index (κ2) is 8.14. The number of nitrogens with two attached hydrogens (primary N) is 1. The van der Waals surface area contributed by atoms with Gasteiger partial charge in [0.05, 0.1) is 0 Å². The lowest BCUT2D eigenvalue weighted by molar-refractivity contribution is 0.200. The van der Waals surface area contributed by atoms with Crippen LogP contribution in [0.15, 0.2) is 36.7 Å². The van der Waals surface area contributed by atoms with Crippen LogP contribution < -0.4 is 15.4 Å². The lowest BCUT2D eigenvalue weighted by atomic mass is 9.93. The third-order valence-electron chi connectivity index (χ3n) is 3.87. The molecule has 1 unspecified atom stereocenters. The molecule has 0 saturated carbocycles. The van der Waals surface area contributed by atoms with Crippen molar-refractivity contribution in [2.75, 3.05) is 18.6 Å². The molecule has 1 amide bonds. The molecule has 2 aromatic heterocycles. The van der Waals surface area contributed by atoms with Crippen LogP contribution in [0.2, 0.25) is 0 Å². The van der Waals surface area contributed by atoms with Crippen LogP contribution >= 0.6 is 0 Å². The maximum atomic E-state index is 11.1. The molecule has 0 radical (unpaired) electrons. The molecule has 3 N–H and O–H groups in total. The van der Waals surface area contributed by atoms with Crippen LogP contribution in [0.4, 0.5) is 10.6 Å². The zero-order chi connectivity index (χ0) is 19.3. The summed E-state index contributed by atoms with van der Waals surface area (Å²) in [6.07, 6.45) is 3.05. The highest BCUT2D eigenvalue weighted by atomic mass is 16.5. The Bertz CT molecular complexity index is 745. The molecule has 0 aromatic carbocycles. The van der Waals surface area contributed by atoms with Gasteiger partial charge in [-0.3, -0.25) is 4.90 Å². The van der Waals surface area contributed by atoms with E-state index in [9.17, 15) is 4.79 Å². The van der Waals surface area contributed by atoms with Crippen molar-refractivity contribution >= 4 is 11.9 Å². The van der Waals surface area contributed by atoms with E-state index in [-0.39, 0.29) is 0 Å². The number of carbonyl (C=O) groups is 1. The van der Waals surface area contributed by atoms with Gasteiger partial charge < -0.3 is 15.6 Å². The van der Waals surface area contributed by atoms with Gasteiger partial charge in [0.15, 0.2) is 0 Å². The van der Waals surface area contributed by atoms with Gasteiger partial charge in [-0.1, -0.05) is 13.8 Å². The Morgan fingerprint density at radius 3 is 2.62 bits per heavy atom. The van der Waals surface area contributed by atoms with E-state index in [1.807, 2.05) is 13.0 Å². The summed E-state index contributed by atoms with van der Waals surface area (Å²) in [4.78, 5) is 20.5. The van der Waals surface area contributed by atoms with Crippen molar-refractivity contribution in [3.63, 3.8) is 0 Å². The number of hydrogen-bond acceptors (Lipinski definition) is 5. The molecule has 140 valence electrons. The van der Waals surface area contributed by atoms with E-state index in [0.717, 1.165) is 22.4 Å². The summed E-state index contributed by atoms with van der Waals surface area (Å²) in [6.45, 7) is 6.62. The number of rotatable bonds is 7. The molecule has 0 aliphatic rings.